The van der Waals surface area contributed by atoms with E-state index >= 15 is 0 Å². The van der Waals surface area contributed by atoms with Crippen molar-refractivity contribution in [3.63, 3.8) is 0 Å². The molecule has 0 bridgehead atoms. The lowest BCUT2D eigenvalue weighted by Crippen LogP contribution is -2.47. The minimum Gasteiger partial charge on any atom is -0.337 e. The molecule has 112 valence electrons. The van der Waals surface area contributed by atoms with Gasteiger partial charge in [-0.2, -0.15) is 0 Å². The summed E-state index contributed by atoms with van der Waals surface area (Å²) in [5, 5.41) is 3.50. The molecule has 0 amide bonds. The molecule has 0 aliphatic carbocycles. The highest BCUT2D eigenvalue weighted by Gasteiger charge is 2.23. The second-order valence-electron chi connectivity index (χ2n) is 6.08. The van der Waals surface area contributed by atoms with E-state index in [1.165, 1.54) is 12.8 Å². The molecule has 1 aromatic heterocycles. The average molecular weight is 276 g/mol. The molecule has 1 N–H and O–H groups in total. The summed E-state index contributed by atoms with van der Waals surface area (Å²) < 4.78 is 0. The van der Waals surface area contributed by atoms with E-state index < -0.39 is 0 Å². The summed E-state index contributed by atoms with van der Waals surface area (Å²) in [4.78, 5) is 11.9. The first-order valence-electron chi connectivity index (χ1n) is 7.94. The van der Waals surface area contributed by atoms with Gasteiger partial charge in [0.05, 0.1) is 0 Å². The van der Waals surface area contributed by atoms with E-state index in [-0.39, 0.29) is 0 Å². The molecule has 1 unspecified atom stereocenters. The van der Waals surface area contributed by atoms with E-state index in [1.807, 2.05) is 0 Å². The van der Waals surface area contributed by atoms with Crippen molar-refractivity contribution in [1.82, 2.24) is 15.3 Å². The van der Waals surface area contributed by atoms with E-state index in [4.69, 9.17) is 9.97 Å². The molecule has 1 atom stereocenters. The van der Waals surface area contributed by atoms with Crippen molar-refractivity contribution < 1.29 is 0 Å². The molecule has 1 fully saturated rings. The van der Waals surface area contributed by atoms with E-state index in [0.29, 0.717) is 12.0 Å². The minimum atomic E-state index is 0.448. The van der Waals surface area contributed by atoms with E-state index in [1.54, 1.807) is 0 Å². The maximum atomic E-state index is 4.81. The van der Waals surface area contributed by atoms with Crippen LogP contribution in [0.1, 0.15) is 57.3 Å². The van der Waals surface area contributed by atoms with Crippen LogP contribution in [0.15, 0.2) is 6.07 Å². The van der Waals surface area contributed by atoms with Gasteiger partial charge in [0.2, 0.25) is 5.95 Å². The Balaban J connectivity index is 2.27. The van der Waals surface area contributed by atoms with Gasteiger partial charge in [-0.1, -0.05) is 20.8 Å². The predicted molar refractivity (Wildman–Crippen MR) is 84.4 cm³/mol. The molecular formula is C16H28N4. The van der Waals surface area contributed by atoms with E-state index in [0.717, 1.165) is 43.4 Å². The predicted octanol–water partition coefficient (Wildman–Crippen LogP) is 2.88. The highest BCUT2D eigenvalue weighted by atomic mass is 15.3. The van der Waals surface area contributed by atoms with Gasteiger partial charge in [0, 0.05) is 30.5 Å². The standard InChI is InChI=1S/C16H28N4/c1-5-9-20(14-7-6-8-17-11-14)16-18-13(4)10-15(19-16)12(2)3/h10,12,14,17H,5-9,11H2,1-4H3. The molecule has 20 heavy (non-hydrogen) atoms. The zero-order valence-electron chi connectivity index (χ0n) is 13.3. The molecule has 2 rings (SSSR count). The Morgan fingerprint density at radius 1 is 1.40 bits per heavy atom. The highest BCUT2D eigenvalue weighted by molar-refractivity contribution is 5.35. The van der Waals surface area contributed by atoms with Crippen LogP contribution in [0.2, 0.25) is 0 Å². The smallest absolute Gasteiger partial charge is 0.226 e. The van der Waals surface area contributed by atoms with Crippen LogP contribution in [0.5, 0.6) is 0 Å². The first-order valence-corrected chi connectivity index (χ1v) is 7.94. The molecule has 2 heterocycles. The van der Waals surface area contributed by atoms with Gasteiger partial charge in [0.1, 0.15) is 0 Å². The molecule has 4 heteroatoms. The first-order chi connectivity index (χ1) is 9.61. The topological polar surface area (TPSA) is 41.1 Å². The first kappa shape index (κ1) is 15.2. The molecule has 0 saturated carbocycles. The number of aryl methyl sites for hydroxylation is 1. The Bertz CT molecular complexity index is 424. The molecule has 1 saturated heterocycles. The van der Waals surface area contributed by atoms with Gasteiger partial charge in [-0.05, 0) is 44.7 Å². The summed E-state index contributed by atoms with van der Waals surface area (Å²) in [6.07, 6.45) is 3.61. The molecule has 1 aliphatic heterocycles. The third kappa shape index (κ3) is 3.69. The van der Waals surface area contributed by atoms with E-state index in [2.05, 4.69) is 44.0 Å². The fourth-order valence-electron chi connectivity index (χ4n) is 2.79. The van der Waals surface area contributed by atoms with Crippen LogP contribution in [0.25, 0.3) is 0 Å². The van der Waals surface area contributed by atoms with Gasteiger partial charge < -0.3 is 10.2 Å². The van der Waals surface area contributed by atoms with Gasteiger partial charge in [-0.3, -0.25) is 0 Å². The van der Waals surface area contributed by atoms with Gasteiger partial charge in [0.25, 0.3) is 0 Å². The summed E-state index contributed by atoms with van der Waals surface area (Å²) in [6, 6.07) is 2.64. The number of nitrogens with zero attached hydrogens (tertiary/aromatic N) is 3. The van der Waals surface area contributed by atoms with Crippen molar-refractivity contribution in [3.05, 3.63) is 17.5 Å². The fourth-order valence-corrected chi connectivity index (χ4v) is 2.79. The van der Waals surface area contributed by atoms with Crippen molar-refractivity contribution in [2.75, 3.05) is 24.5 Å². The van der Waals surface area contributed by atoms with Crippen LogP contribution in [-0.4, -0.2) is 35.6 Å². The lowest BCUT2D eigenvalue weighted by Gasteiger charge is -2.35. The fraction of sp³-hybridized carbons (Fsp3) is 0.750. The van der Waals surface area contributed by atoms with E-state index in [9.17, 15) is 0 Å². The number of hydrogen-bond acceptors (Lipinski definition) is 4. The second-order valence-corrected chi connectivity index (χ2v) is 6.08. The number of piperidine rings is 1. The lowest BCUT2D eigenvalue weighted by atomic mass is 10.1. The van der Waals surface area contributed by atoms with Gasteiger partial charge >= 0.3 is 0 Å². The largest absolute Gasteiger partial charge is 0.337 e. The lowest BCUT2D eigenvalue weighted by molar-refractivity contribution is 0.426. The molecule has 0 radical (unpaired) electrons. The molecule has 1 aromatic rings. The van der Waals surface area contributed by atoms with Crippen molar-refractivity contribution in [2.24, 2.45) is 0 Å². The van der Waals surface area contributed by atoms with Crippen molar-refractivity contribution >= 4 is 5.95 Å². The van der Waals surface area contributed by atoms with Crippen molar-refractivity contribution in [3.8, 4) is 0 Å². The minimum absolute atomic E-state index is 0.448. The normalized spacial score (nSPS) is 19.4. The summed E-state index contributed by atoms with van der Waals surface area (Å²) in [6.45, 7) is 11.9. The van der Waals surface area contributed by atoms with Crippen LogP contribution in [0.4, 0.5) is 5.95 Å². The van der Waals surface area contributed by atoms with Gasteiger partial charge in [-0.15, -0.1) is 0 Å². The van der Waals surface area contributed by atoms with Crippen molar-refractivity contribution in [1.29, 1.82) is 0 Å². The maximum absolute atomic E-state index is 4.81. The summed E-state index contributed by atoms with van der Waals surface area (Å²) in [5.74, 6) is 1.37. The number of nitrogens with one attached hydrogen (secondary N) is 1. The molecule has 0 spiro atoms. The van der Waals surface area contributed by atoms with Crippen LogP contribution < -0.4 is 10.2 Å². The number of anilines is 1. The van der Waals surface area contributed by atoms with Crippen molar-refractivity contribution in [2.45, 2.75) is 58.9 Å². The maximum Gasteiger partial charge on any atom is 0.226 e. The number of aromatic nitrogens is 2. The Labute approximate surface area is 123 Å². The Hall–Kier alpha value is -1.16. The van der Waals surface area contributed by atoms with Crippen LogP contribution >= 0.6 is 0 Å². The van der Waals surface area contributed by atoms with Crippen LogP contribution in [0, 0.1) is 6.92 Å². The molecule has 1 aliphatic rings. The molecule has 0 aromatic carbocycles. The number of hydrogen-bond donors (Lipinski definition) is 1. The highest BCUT2D eigenvalue weighted by Crippen LogP contribution is 2.21. The summed E-state index contributed by atoms with van der Waals surface area (Å²) >= 11 is 0. The quantitative estimate of drug-likeness (QED) is 0.898. The average Bonchev–Trinajstić information content (AvgIpc) is 2.45. The number of rotatable bonds is 5. The third-order valence-corrected chi connectivity index (χ3v) is 3.89. The Kier molecular flexibility index (Phi) is 5.35. The summed E-state index contributed by atoms with van der Waals surface area (Å²) in [7, 11) is 0. The third-order valence-electron chi connectivity index (χ3n) is 3.89. The molecule has 4 nitrogen and oxygen atoms in total. The monoisotopic (exact) mass is 276 g/mol. The zero-order valence-corrected chi connectivity index (χ0v) is 13.3. The second kappa shape index (κ2) is 7.02. The van der Waals surface area contributed by atoms with Crippen LogP contribution in [0.3, 0.4) is 0 Å². The van der Waals surface area contributed by atoms with Gasteiger partial charge in [-0.25, -0.2) is 9.97 Å². The Morgan fingerprint density at radius 2 is 2.20 bits per heavy atom. The Morgan fingerprint density at radius 3 is 2.80 bits per heavy atom. The molecular weight excluding hydrogens is 248 g/mol. The SMILES string of the molecule is CCCN(c1nc(C)cc(C(C)C)n1)C1CCCNC1. The zero-order chi connectivity index (χ0) is 14.5. The van der Waals surface area contributed by atoms with Gasteiger partial charge in [0.15, 0.2) is 0 Å². The van der Waals surface area contributed by atoms with Crippen LogP contribution in [-0.2, 0) is 0 Å². The summed E-state index contributed by atoms with van der Waals surface area (Å²) in [5.41, 5.74) is 2.22.